The van der Waals surface area contributed by atoms with E-state index < -0.39 is 0 Å². The monoisotopic (exact) mass is 441 g/mol. The summed E-state index contributed by atoms with van der Waals surface area (Å²) in [5, 5.41) is 4.24. The summed E-state index contributed by atoms with van der Waals surface area (Å²) < 4.78 is 19.1. The Morgan fingerprint density at radius 1 is 1.09 bits per heavy atom. The first-order chi connectivity index (χ1) is 15.6. The molecule has 1 saturated heterocycles. The average Bonchev–Trinajstić information content (AvgIpc) is 3.18. The molecular formula is C21H27N7O4. The average molecular weight is 441 g/mol. The molecule has 0 spiro atoms. The first-order valence-electron chi connectivity index (χ1n) is 10.4. The summed E-state index contributed by atoms with van der Waals surface area (Å²) in [6.07, 6.45) is 1.96. The Kier molecular flexibility index (Phi) is 6.66. The molecule has 0 aliphatic carbocycles. The van der Waals surface area contributed by atoms with Gasteiger partial charge in [-0.2, -0.15) is 9.67 Å². The third kappa shape index (κ3) is 4.89. The van der Waals surface area contributed by atoms with Gasteiger partial charge in [0.25, 0.3) is 5.56 Å². The third-order valence-corrected chi connectivity index (χ3v) is 5.34. The van der Waals surface area contributed by atoms with Crippen LogP contribution in [-0.4, -0.2) is 76.3 Å². The van der Waals surface area contributed by atoms with Crippen molar-refractivity contribution in [3.05, 3.63) is 52.3 Å². The lowest BCUT2D eigenvalue weighted by molar-refractivity contribution is 0.0362. The van der Waals surface area contributed by atoms with Crippen molar-refractivity contribution >= 4 is 5.95 Å². The van der Waals surface area contributed by atoms with Gasteiger partial charge in [-0.05, 0) is 17.7 Å². The second-order valence-corrected chi connectivity index (χ2v) is 7.40. The van der Waals surface area contributed by atoms with E-state index in [9.17, 15) is 4.79 Å². The molecule has 170 valence electrons. The van der Waals surface area contributed by atoms with E-state index >= 15 is 0 Å². The van der Waals surface area contributed by atoms with Crippen LogP contribution in [0.1, 0.15) is 11.4 Å². The summed E-state index contributed by atoms with van der Waals surface area (Å²) in [7, 11) is 3.17. The Bertz CT molecular complexity index is 1120. The lowest BCUT2D eigenvalue weighted by atomic mass is 10.1. The Labute approximate surface area is 185 Å². The molecule has 1 aliphatic rings. The van der Waals surface area contributed by atoms with Crippen molar-refractivity contribution in [2.75, 3.05) is 52.8 Å². The number of ether oxygens (including phenoxy) is 3. The van der Waals surface area contributed by atoms with Crippen LogP contribution in [0.4, 0.5) is 5.95 Å². The van der Waals surface area contributed by atoms with E-state index in [0.29, 0.717) is 36.1 Å². The highest BCUT2D eigenvalue weighted by Gasteiger charge is 2.15. The van der Waals surface area contributed by atoms with E-state index in [1.807, 2.05) is 18.2 Å². The second kappa shape index (κ2) is 9.79. The predicted octanol–water partition coefficient (Wildman–Crippen LogP) is 0.346. The van der Waals surface area contributed by atoms with Gasteiger partial charge in [0.1, 0.15) is 5.82 Å². The van der Waals surface area contributed by atoms with E-state index in [-0.39, 0.29) is 11.5 Å². The maximum Gasteiger partial charge on any atom is 0.255 e. The maximum atomic E-state index is 12.7. The number of rotatable bonds is 8. The van der Waals surface area contributed by atoms with Crippen LogP contribution in [0.3, 0.4) is 0 Å². The molecule has 3 heterocycles. The molecule has 11 nitrogen and oxygen atoms in total. The van der Waals surface area contributed by atoms with Crippen molar-refractivity contribution in [3.8, 4) is 17.3 Å². The number of hydrogen-bond donors (Lipinski definition) is 1. The smallest absolute Gasteiger partial charge is 0.255 e. The van der Waals surface area contributed by atoms with Gasteiger partial charge in [0, 0.05) is 38.7 Å². The van der Waals surface area contributed by atoms with Crippen LogP contribution < -0.4 is 20.8 Å². The highest BCUT2D eigenvalue weighted by atomic mass is 16.5. The summed E-state index contributed by atoms with van der Waals surface area (Å²) in [6, 6.07) is 7.05. The van der Waals surface area contributed by atoms with Gasteiger partial charge in [0.15, 0.2) is 17.3 Å². The zero-order valence-electron chi connectivity index (χ0n) is 18.2. The number of hydrogen-bond acceptors (Lipinski definition) is 9. The molecule has 1 aliphatic heterocycles. The summed E-state index contributed by atoms with van der Waals surface area (Å²) in [6.45, 7) is 4.52. The van der Waals surface area contributed by atoms with Crippen LogP contribution in [0.2, 0.25) is 0 Å². The molecular weight excluding hydrogens is 414 g/mol. The third-order valence-electron chi connectivity index (χ3n) is 5.34. The van der Waals surface area contributed by atoms with Crippen LogP contribution >= 0.6 is 0 Å². The molecule has 0 bridgehead atoms. The minimum atomic E-state index is -0.158. The second-order valence-electron chi connectivity index (χ2n) is 7.40. The number of anilines is 1. The SMILES string of the molecule is COc1ccc(Cc2nc(N)nn2-c2cc(=O)n(CCN3CCOCC3)cn2)cc1OC. The molecule has 0 unspecified atom stereocenters. The molecule has 0 atom stereocenters. The Balaban J connectivity index is 1.53. The molecule has 2 aromatic heterocycles. The van der Waals surface area contributed by atoms with Gasteiger partial charge < -0.3 is 19.9 Å². The fourth-order valence-electron chi connectivity index (χ4n) is 3.61. The minimum absolute atomic E-state index is 0.110. The van der Waals surface area contributed by atoms with Gasteiger partial charge in [-0.15, -0.1) is 5.10 Å². The van der Waals surface area contributed by atoms with Crippen LogP contribution in [0, 0.1) is 0 Å². The molecule has 3 aromatic rings. The molecule has 0 amide bonds. The van der Waals surface area contributed by atoms with Gasteiger partial charge in [0.05, 0.1) is 33.8 Å². The van der Waals surface area contributed by atoms with Gasteiger partial charge in [0.2, 0.25) is 5.95 Å². The Hall–Kier alpha value is -3.44. The summed E-state index contributed by atoms with van der Waals surface area (Å²) in [4.78, 5) is 23.7. The van der Waals surface area contributed by atoms with E-state index in [4.69, 9.17) is 19.9 Å². The first-order valence-corrected chi connectivity index (χ1v) is 10.4. The van der Waals surface area contributed by atoms with Crippen LogP contribution in [-0.2, 0) is 17.7 Å². The molecule has 2 N–H and O–H groups in total. The number of methoxy groups -OCH3 is 2. The van der Waals surface area contributed by atoms with Crippen LogP contribution in [0.15, 0.2) is 35.4 Å². The van der Waals surface area contributed by atoms with Crippen molar-refractivity contribution < 1.29 is 14.2 Å². The van der Waals surface area contributed by atoms with Gasteiger partial charge in [-0.25, -0.2) is 4.98 Å². The fourth-order valence-corrected chi connectivity index (χ4v) is 3.61. The summed E-state index contributed by atoms with van der Waals surface area (Å²) >= 11 is 0. The number of nitrogens with zero attached hydrogens (tertiary/aromatic N) is 6. The predicted molar refractivity (Wildman–Crippen MR) is 117 cm³/mol. The fraction of sp³-hybridized carbons (Fsp3) is 0.429. The lowest BCUT2D eigenvalue weighted by Gasteiger charge is -2.26. The number of aromatic nitrogens is 5. The zero-order chi connectivity index (χ0) is 22.5. The number of nitrogens with two attached hydrogens (primary N) is 1. The number of nitrogen functional groups attached to an aromatic ring is 1. The molecule has 0 saturated carbocycles. The Morgan fingerprint density at radius 3 is 2.59 bits per heavy atom. The largest absolute Gasteiger partial charge is 0.493 e. The van der Waals surface area contributed by atoms with E-state index in [2.05, 4.69) is 20.0 Å². The molecule has 11 heteroatoms. The highest BCUT2D eigenvalue weighted by molar-refractivity contribution is 5.44. The molecule has 1 fully saturated rings. The standard InChI is InChI=1S/C21H27N7O4/c1-30-16-4-3-15(11-17(16)31-2)12-19-24-21(22)25-28(19)18-13-20(29)27(14-23-18)6-5-26-7-9-32-10-8-26/h3-4,11,13-14H,5-10,12H2,1-2H3,(H2,22,25). The lowest BCUT2D eigenvalue weighted by Crippen LogP contribution is -2.39. The topological polar surface area (TPSA) is 123 Å². The van der Waals surface area contributed by atoms with Gasteiger partial charge in [-0.1, -0.05) is 6.07 Å². The Morgan fingerprint density at radius 2 is 1.88 bits per heavy atom. The van der Waals surface area contributed by atoms with Crippen molar-refractivity contribution in [3.63, 3.8) is 0 Å². The minimum Gasteiger partial charge on any atom is -0.493 e. The van der Waals surface area contributed by atoms with Gasteiger partial charge >= 0.3 is 0 Å². The highest BCUT2D eigenvalue weighted by Crippen LogP contribution is 2.28. The molecule has 0 radical (unpaired) electrons. The number of morpholine rings is 1. The van der Waals surface area contributed by atoms with E-state index in [0.717, 1.165) is 38.4 Å². The van der Waals surface area contributed by atoms with E-state index in [1.54, 1.807) is 18.8 Å². The quantitative estimate of drug-likeness (QED) is 0.527. The van der Waals surface area contributed by atoms with Crippen molar-refractivity contribution in [2.45, 2.75) is 13.0 Å². The molecule has 32 heavy (non-hydrogen) atoms. The van der Waals surface area contributed by atoms with Crippen LogP contribution in [0.5, 0.6) is 11.5 Å². The van der Waals surface area contributed by atoms with Crippen LogP contribution in [0.25, 0.3) is 5.82 Å². The van der Waals surface area contributed by atoms with E-state index in [1.165, 1.54) is 17.1 Å². The summed E-state index contributed by atoms with van der Waals surface area (Å²) in [5.74, 6) is 2.30. The van der Waals surface area contributed by atoms with Crippen molar-refractivity contribution in [1.82, 2.24) is 29.2 Å². The molecule has 1 aromatic carbocycles. The molecule has 4 rings (SSSR count). The zero-order valence-corrected chi connectivity index (χ0v) is 18.2. The maximum absolute atomic E-state index is 12.7. The van der Waals surface area contributed by atoms with Crippen molar-refractivity contribution in [1.29, 1.82) is 0 Å². The van der Waals surface area contributed by atoms with Gasteiger partial charge in [-0.3, -0.25) is 14.3 Å². The number of benzene rings is 1. The normalized spacial score (nSPS) is 14.4. The first kappa shape index (κ1) is 21.8. The van der Waals surface area contributed by atoms with Crippen molar-refractivity contribution in [2.24, 2.45) is 0 Å². The summed E-state index contributed by atoms with van der Waals surface area (Å²) in [5.41, 5.74) is 6.62.